The molecule has 2 aromatic carbocycles. The first kappa shape index (κ1) is 24.5. The molecule has 10 heteroatoms. The SMILES string of the molecule is CCOC(=O)C1=C(COc2ccc(SC)cc2)N(C)C(=O)N[C@H]1c1ccccc1C(F)(F)F. The van der Waals surface area contributed by atoms with Gasteiger partial charge in [-0.1, -0.05) is 18.2 Å². The Kier molecular flexibility index (Phi) is 7.57. The molecule has 1 aliphatic heterocycles. The lowest BCUT2D eigenvalue weighted by Crippen LogP contribution is -2.48. The number of carbonyl (C=O) groups is 2. The van der Waals surface area contributed by atoms with Crippen LogP contribution in [0.5, 0.6) is 5.75 Å². The van der Waals surface area contributed by atoms with Gasteiger partial charge in [-0.2, -0.15) is 13.2 Å². The minimum atomic E-state index is -4.68. The van der Waals surface area contributed by atoms with E-state index in [4.69, 9.17) is 9.47 Å². The van der Waals surface area contributed by atoms with E-state index in [0.717, 1.165) is 15.9 Å². The molecule has 1 atom stereocenters. The van der Waals surface area contributed by atoms with Crippen LogP contribution < -0.4 is 10.1 Å². The van der Waals surface area contributed by atoms with Crippen molar-refractivity contribution >= 4 is 23.8 Å². The fourth-order valence-electron chi connectivity index (χ4n) is 3.45. The Morgan fingerprint density at radius 2 is 1.82 bits per heavy atom. The number of nitrogens with zero attached hydrogens (tertiary/aromatic N) is 1. The van der Waals surface area contributed by atoms with Gasteiger partial charge in [0, 0.05) is 11.9 Å². The van der Waals surface area contributed by atoms with Gasteiger partial charge in [0.25, 0.3) is 0 Å². The smallest absolute Gasteiger partial charge is 0.416 e. The van der Waals surface area contributed by atoms with E-state index in [1.165, 1.54) is 25.2 Å². The summed E-state index contributed by atoms with van der Waals surface area (Å²) in [5.74, 6) is -0.349. The molecule has 6 nitrogen and oxygen atoms in total. The summed E-state index contributed by atoms with van der Waals surface area (Å²) in [6.45, 7) is 1.38. The molecular formula is C23H23F3N2O4S. The van der Waals surface area contributed by atoms with Crippen LogP contribution in [0.2, 0.25) is 0 Å². The van der Waals surface area contributed by atoms with Crippen LogP contribution in [0.15, 0.2) is 64.7 Å². The topological polar surface area (TPSA) is 67.9 Å². The number of halogens is 3. The van der Waals surface area contributed by atoms with E-state index in [1.54, 1.807) is 30.8 Å². The minimum absolute atomic E-state index is 0.0118. The first-order valence-electron chi connectivity index (χ1n) is 10.0. The molecule has 2 amide bonds. The zero-order chi connectivity index (χ0) is 24.2. The van der Waals surface area contributed by atoms with Crippen LogP contribution in [0.1, 0.15) is 24.1 Å². The summed E-state index contributed by atoms with van der Waals surface area (Å²) >= 11 is 1.56. The molecule has 0 bridgehead atoms. The standard InChI is InChI=1S/C23H23F3N2O4S/c1-4-31-21(29)19-18(13-32-14-9-11-15(33-3)12-10-14)28(2)22(30)27-20(19)16-7-5-6-8-17(16)23(24,25)26/h5-12,20H,4,13H2,1-3H3,(H,27,30)/t20-/m0/s1. The van der Waals surface area contributed by atoms with Crippen molar-refractivity contribution in [3.05, 3.63) is 70.9 Å². The first-order chi connectivity index (χ1) is 15.7. The third-order valence-electron chi connectivity index (χ3n) is 5.08. The number of carbonyl (C=O) groups excluding carboxylic acids is 2. The number of alkyl halides is 3. The summed E-state index contributed by atoms with van der Waals surface area (Å²) < 4.78 is 52.0. The Bertz CT molecular complexity index is 1050. The Morgan fingerprint density at radius 1 is 1.15 bits per heavy atom. The van der Waals surface area contributed by atoms with E-state index in [1.807, 2.05) is 18.4 Å². The molecule has 176 valence electrons. The highest BCUT2D eigenvalue weighted by molar-refractivity contribution is 7.98. The van der Waals surface area contributed by atoms with E-state index in [9.17, 15) is 22.8 Å². The fraction of sp³-hybridized carbons (Fsp3) is 0.304. The molecule has 0 spiro atoms. The molecule has 0 fully saturated rings. The van der Waals surface area contributed by atoms with Crippen molar-refractivity contribution < 1.29 is 32.2 Å². The van der Waals surface area contributed by atoms with Crippen LogP contribution in [0.25, 0.3) is 0 Å². The van der Waals surface area contributed by atoms with Gasteiger partial charge in [0.1, 0.15) is 12.4 Å². The number of esters is 1. The molecule has 0 aliphatic carbocycles. The van der Waals surface area contributed by atoms with E-state index < -0.39 is 29.8 Å². The van der Waals surface area contributed by atoms with Gasteiger partial charge >= 0.3 is 18.2 Å². The van der Waals surface area contributed by atoms with Crippen molar-refractivity contribution in [2.24, 2.45) is 0 Å². The number of amides is 2. The first-order valence-corrected chi connectivity index (χ1v) is 11.3. The fourth-order valence-corrected chi connectivity index (χ4v) is 3.85. The van der Waals surface area contributed by atoms with Crippen LogP contribution >= 0.6 is 11.8 Å². The second-order valence-corrected chi connectivity index (χ2v) is 7.95. The number of likely N-dealkylation sites (N-methyl/N-ethyl adjacent to an activating group) is 1. The lowest BCUT2D eigenvalue weighted by atomic mass is 9.91. The van der Waals surface area contributed by atoms with E-state index in [2.05, 4.69) is 5.32 Å². The normalized spacial score (nSPS) is 16.5. The van der Waals surface area contributed by atoms with Gasteiger partial charge in [-0.15, -0.1) is 11.8 Å². The van der Waals surface area contributed by atoms with Crippen molar-refractivity contribution in [1.82, 2.24) is 10.2 Å². The molecule has 0 aromatic heterocycles. The van der Waals surface area contributed by atoms with E-state index in [0.29, 0.717) is 5.75 Å². The largest absolute Gasteiger partial charge is 0.487 e. The van der Waals surface area contributed by atoms with Crippen LogP contribution in [-0.2, 0) is 15.7 Å². The number of ether oxygens (including phenoxy) is 2. The molecule has 0 radical (unpaired) electrons. The van der Waals surface area contributed by atoms with Crippen LogP contribution in [-0.4, -0.2) is 43.4 Å². The number of urea groups is 1. The number of rotatable bonds is 7. The highest BCUT2D eigenvalue weighted by atomic mass is 32.2. The third-order valence-corrected chi connectivity index (χ3v) is 5.83. The predicted octanol–water partition coefficient (Wildman–Crippen LogP) is 5.02. The highest BCUT2D eigenvalue weighted by Gasteiger charge is 2.42. The lowest BCUT2D eigenvalue weighted by molar-refractivity contribution is -0.141. The number of hydrogen-bond donors (Lipinski definition) is 1. The van der Waals surface area contributed by atoms with Crippen molar-refractivity contribution in [1.29, 1.82) is 0 Å². The Hall–Kier alpha value is -3.14. The maximum Gasteiger partial charge on any atom is 0.416 e. The molecule has 0 saturated heterocycles. The molecule has 3 rings (SSSR count). The summed E-state index contributed by atoms with van der Waals surface area (Å²) in [5.41, 5.74) is -1.20. The summed E-state index contributed by atoms with van der Waals surface area (Å²) in [6, 6.07) is 9.95. The summed E-state index contributed by atoms with van der Waals surface area (Å²) in [7, 11) is 1.41. The number of thioether (sulfide) groups is 1. The van der Waals surface area contributed by atoms with Gasteiger partial charge in [0.05, 0.1) is 29.5 Å². The van der Waals surface area contributed by atoms with Crippen LogP contribution in [0.4, 0.5) is 18.0 Å². The summed E-state index contributed by atoms with van der Waals surface area (Å²) in [6.07, 6.45) is -2.75. The van der Waals surface area contributed by atoms with Gasteiger partial charge in [0.15, 0.2) is 0 Å². The number of benzene rings is 2. The van der Waals surface area contributed by atoms with Crippen LogP contribution in [0, 0.1) is 0 Å². The third kappa shape index (κ3) is 5.44. The summed E-state index contributed by atoms with van der Waals surface area (Å²) in [5, 5.41) is 2.50. The van der Waals surface area contributed by atoms with Crippen molar-refractivity contribution in [2.75, 3.05) is 26.5 Å². The second-order valence-electron chi connectivity index (χ2n) is 7.07. The zero-order valence-corrected chi connectivity index (χ0v) is 19.0. The van der Waals surface area contributed by atoms with Gasteiger partial charge in [-0.3, -0.25) is 4.90 Å². The molecule has 0 saturated carbocycles. The quantitative estimate of drug-likeness (QED) is 0.445. The molecule has 1 heterocycles. The molecule has 1 N–H and O–H groups in total. The van der Waals surface area contributed by atoms with Gasteiger partial charge in [0.2, 0.25) is 0 Å². The number of hydrogen-bond acceptors (Lipinski definition) is 5. The molecule has 0 unspecified atom stereocenters. The Morgan fingerprint density at radius 3 is 2.42 bits per heavy atom. The number of nitrogens with one attached hydrogen (secondary N) is 1. The second kappa shape index (κ2) is 10.2. The molecule has 1 aliphatic rings. The predicted molar refractivity (Wildman–Crippen MR) is 118 cm³/mol. The molecule has 33 heavy (non-hydrogen) atoms. The molecule has 2 aromatic rings. The van der Waals surface area contributed by atoms with E-state index >= 15 is 0 Å². The van der Waals surface area contributed by atoms with Crippen molar-refractivity contribution in [3.63, 3.8) is 0 Å². The van der Waals surface area contributed by atoms with E-state index in [-0.39, 0.29) is 30.0 Å². The Labute approximate surface area is 193 Å². The van der Waals surface area contributed by atoms with Crippen LogP contribution in [0.3, 0.4) is 0 Å². The maximum absolute atomic E-state index is 13.7. The zero-order valence-electron chi connectivity index (χ0n) is 18.2. The van der Waals surface area contributed by atoms with Gasteiger partial charge in [-0.05, 0) is 49.1 Å². The van der Waals surface area contributed by atoms with Crippen molar-refractivity contribution in [3.8, 4) is 5.75 Å². The van der Waals surface area contributed by atoms with Gasteiger partial charge < -0.3 is 14.8 Å². The minimum Gasteiger partial charge on any atom is -0.487 e. The average Bonchev–Trinajstić information content (AvgIpc) is 2.79. The lowest BCUT2D eigenvalue weighted by Gasteiger charge is -2.35. The monoisotopic (exact) mass is 480 g/mol. The van der Waals surface area contributed by atoms with Gasteiger partial charge in [-0.25, -0.2) is 9.59 Å². The highest BCUT2D eigenvalue weighted by Crippen LogP contribution is 2.39. The van der Waals surface area contributed by atoms with Crippen molar-refractivity contribution in [2.45, 2.75) is 24.0 Å². The average molecular weight is 481 g/mol. The summed E-state index contributed by atoms with van der Waals surface area (Å²) in [4.78, 5) is 27.7. The molecular weight excluding hydrogens is 457 g/mol. The maximum atomic E-state index is 13.7. The Balaban J connectivity index is 2.08.